The summed E-state index contributed by atoms with van der Waals surface area (Å²) in [7, 11) is 0. The van der Waals surface area contributed by atoms with E-state index in [1.165, 1.54) is 22.9 Å². The van der Waals surface area contributed by atoms with Crippen LogP contribution in [-0.2, 0) is 0 Å². The fourth-order valence-corrected chi connectivity index (χ4v) is 7.30. The quantitative estimate of drug-likeness (QED) is 0.190. The Morgan fingerprint density at radius 1 is 0.667 bits per heavy atom. The molecule has 1 aromatic carbocycles. The molecule has 0 atom stereocenters. The first-order valence-corrected chi connectivity index (χ1v) is 13.6. The van der Waals surface area contributed by atoms with Crippen molar-refractivity contribution in [2.24, 2.45) is 0 Å². The number of hydrogen-bond donors (Lipinski definition) is 0. The van der Waals surface area contributed by atoms with Gasteiger partial charge in [-0.25, -0.2) is 0 Å². The minimum Gasteiger partial charge on any atom is -0.172 e. The smallest absolute Gasteiger partial charge is 0.114 e. The highest BCUT2D eigenvalue weighted by molar-refractivity contribution is 7.82. The van der Waals surface area contributed by atoms with E-state index in [-0.39, 0.29) is 0 Å². The molecular formula is C26H16N2S5. The molecule has 0 amide bonds. The van der Waals surface area contributed by atoms with Gasteiger partial charge in [-0.15, -0.1) is 22.7 Å². The molecule has 2 aliphatic rings. The van der Waals surface area contributed by atoms with Crippen molar-refractivity contribution in [1.29, 1.82) is 0 Å². The van der Waals surface area contributed by atoms with Crippen LogP contribution in [0.25, 0.3) is 31.9 Å². The summed E-state index contributed by atoms with van der Waals surface area (Å²) < 4.78 is 9.32. The van der Waals surface area contributed by atoms with Crippen LogP contribution in [0.2, 0.25) is 0 Å². The molecule has 4 aromatic rings. The highest BCUT2D eigenvalue weighted by Gasteiger charge is 2.19. The third-order valence-corrected chi connectivity index (χ3v) is 9.75. The molecule has 33 heavy (non-hydrogen) atoms. The lowest BCUT2D eigenvalue weighted by atomic mass is 10.1. The highest BCUT2D eigenvalue weighted by atomic mass is 32.1. The van der Waals surface area contributed by atoms with Gasteiger partial charge in [0.15, 0.2) is 0 Å². The van der Waals surface area contributed by atoms with Crippen molar-refractivity contribution in [3.05, 3.63) is 93.8 Å². The van der Waals surface area contributed by atoms with Crippen molar-refractivity contribution in [2.45, 2.75) is 12.8 Å². The maximum absolute atomic E-state index is 5.73. The summed E-state index contributed by atoms with van der Waals surface area (Å²) >= 11 is 16.2. The van der Waals surface area contributed by atoms with E-state index in [0.717, 1.165) is 64.2 Å². The van der Waals surface area contributed by atoms with Gasteiger partial charge in [0, 0.05) is 30.6 Å². The minimum absolute atomic E-state index is 0.918. The van der Waals surface area contributed by atoms with Crippen LogP contribution in [0.5, 0.6) is 0 Å². The van der Waals surface area contributed by atoms with Crippen LogP contribution in [0.4, 0.5) is 0 Å². The summed E-state index contributed by atoms with van der Waals surface area (Å²) in [5.74, 6) is 0. The zero-order valence-corrected chi connectivity index (χ0v) is 21.4. The maximum Gasteiger partial charge on any atom is 0.114 e. The molecule has 0 spiro atoms. The number of fused-ring (bicyclic) bond motifs is 1. The lowest BCUT2D eigenvalue weighted by Gasteiger charge is -2.04. The Morgan fingerprint density at radius 2 is 1.15 bits per heavy atom. The largest absolute Gasteiger partial charge is 0.172 e. The first kappa shape index (κ1) is 21.1. The number of rotatable bonds is 6. The molecule has 0 radical (unpaired) electrons. The average Bonchev–Trinajstić information content (AvgIpc) is 3.67. The van der Waals surface area contributed by atoms with E-state index in [9.17, 15) is 0 Å². The number of thiocarbonyl (C=S) groups is 2. The van der Waals surface area contributed by atoms with Gasteiger partial charge in [-0.3, -0.25) is 0 Å². The van der Waals surface area contributed by atoms with Crippen LogP contribution in [0.1, 0.15) is 22.6 Å². The molecular weight excluding hydrogens is 501 g/mol. The molecule has 2 aliphatic carbocycles. The van der Waals surface area contributed by atoms with E-state index in [1.54, 1.807) is 22.7 Å². The van der Waals surface area contributed by atoms with Gasteiger partial charge in [0.2, 0.25) is 0 Å². The van der Waals surface area contributed by atoms with Crippen molar-refractivity contribution >= 4 is 79.6 Å². The van der Waals surface area contributed by atoms with Crippen LogP contribution in [0, 0.1) is 0 Å². The molecule has 0 fully saturated rings. The van der Waals surface area contributed by atoms with E-state index in [2.05, 4.69) is 81.6 Å². The molecule has 0 unspecified atom stereocenters. The Hall–Kier alpha value is -2.42. The number of hydrogen-bond acceptors (Lipinski definition) is 7. The number of aromatic nitrogens is 2. The van der Waals surface area contributed by atoms with E-state index in [4.69, 9.17) is 24.4 Å². The summed E-state index contributed by atoms with van der Waals surface area (Å²) in [4.78, 5) is 6.46. The van der Waals surface area contributed by atoms with Crippen LogP contribution < -0.4 is 0 Å². The van der Waals surface area contributed by atoms with Crippen molar-refractivity contribution in [3.8, 4) is 20.9 Å². The molecule has 2 nitrogen and oxygen atoms in total. The van der Waals surface area contributed by atoms with Crippen LogP contribution >= 0.6 is 58.8 Å². The lowest BCUT2D eigenvalue weighted by Crippen LogP contribution is -1.96. The van der Waals surface area contributed by atoms with Gasteiger partial charge in [0.05, 0.1) is 21.5 Å². The van der Waals surface area contributed by atoms with E-state index in [0.29, 0.717) is 0 Å². The molecule has 0 aliphatic heterocycles. The fourth-order valence-electron chi connectivity index (χ4n) is 4.02. The number of nitrogens with zero attached hydrogens (tertiary/aromatic N) is 2. The van der Waals surface area contributed by atoms with Crippen LogP contribution in [0.15, 0.2) is 84.0 Å². The number of thiophene rings is 2. The van der Waals surface area contributed by atoms with Gasteiger partial charge in [-0.1, -0.05) is 73.0 Å². The Balaban J connectivity index is 1.34. The van der Waals surface area contributed by atoms with Crippen LogP contribution in [0.3, 0.4) is 0 Å². The van der Waals surface area contributed by atoms with E-state index < -0.39 is 0 Å². The normalized spacial score (nSPS) is 14.8. The highest BCUT2D eigenvalue weighted by Crippen LogP contribution is 2.40. The number of benzene rings is 1. The average molecular weight is 517 g/mol. The van der Waals surface area contributed by atoms with Gasteiger partial charge in [0.25, 0.3) is 0 Å². The SMILES string of the molecule is S=C(C1=CC=CC1)c1ccc(-c2ccc(-c3ccc(C(=S)C4=CC=CC4)s3)c3nsnc23)s1. The zero-order valence-electron chi connectivity index (χ0n) is 17.3. The predicted octanol–water partition coefficient (Wildman–Crippen LogP) is 8.36. The van der Waals surface area contributed by atoms with Gasteiger partial charge < -0.3 is 0 Å². The molecule has 0 saturated carbocycles. The first-order valence-electron chi connectivity index (χ1n) is 10.5. The summed E-state index contributed by atoms with van der Waals surface area (Å²) in [6, 6.07) is 12.9. The summed E-state index contributed by atoms with van der Waals surface area (Å²) in [5.41, 5.74) is 6.52. The second kappa shape index (κ2) is 8.74. The predicted molar refractivity (Wildman–Crippen MR) is 151 cm³/mol. The van der Waals surface area contributed by atoms with Gasteiger partial charge >= 0.3 is 0 Å². The monoisotopic (exact) mass is 516 g/mol. The van der Waals surface area contributed by atoms with Gasteiger partial charge in [-0.2, -0.15) is 8.75 Å². The summed E-state index contributed by atoms with van der Waals surface area (Å²) in [5, 5.41) is 0. The second-order valence-corrected chi connectivity index (χ2v) is 11.3. The molecule has 7 heteroatoms. The number of allylic oxidation sites excluding steroid dienone is 8. The summed E-state index contributed by atoms with van der Waals surface area (Å²) in [6.45, 7) is 0. The van der Waals surface area contributed by atoms with Crippen molar-refractivity contribution in [1.82, 2.24) is 8.75 Å². The third-order valence-electron chi connectivity index (χ3n) is 5.73. The van der Waals surface area contributed by atoms with Crippen LogP contribution in [-0.4, -0.2) is 18.5 Å². The Kier molecular flexibility index (Phi) is 5.60. The Morgan fingerprint density at radius 3 is 1.58 bits per heavy atom. The standard InChI is InChI=1S/C26H16N2S5/c29-25(15-5-1-2-6-15)21-13-11-19(31-21)17-9-10-18(24-23(17)27-33-28-24)20-12-14-22(32-20)26(30)16-7-3-4-8-16/h1-5,7,9-14H,6,8H2. The van der Waals surface area contributed by atoms with Crippen molar-refractivity contribution in [3.63, 3.8) is 0 Å². The molecule has 0 bridgehead atoms. The topological polar surface area (TPSA) is 25.8 Å². The molecule has 160 valence electrons. The molecule has 3 heterocycles. The third kappa shape index (κ3) is 3.84. The van der Waals surface area contributed by atoms with Gasteiger partial charge in [0.1, 0.15) is 11.0 Å². The summed E-state index contributed by atoms with van der Waals surface area (Å²) in [6.07, 6.45) is 14.5. The molecule has 3 aromatic heterocycles. The lowest BCUT2D eigenvalue weighted by molar-refractivity contribution is 1.38. The maximum atomic E-state index is 5.73. The Bertz CT molecular complexity index is 1440. The fraction of sp³-hybridized carbons (Fsp3) is 0.0769. The van der Waals surface area contributed by atoms with Crippen molar-refractivity contribution < 1.29 is 0 Å². The second-order valence-electron chi connectivity index (χ2n) is 7.76. The molecule has 0 saturated heterocycles. The van der Waals surface area contributed by atoms with Gasteiger partial charge in [-0.05, 0) is 48.3 Å². The van der Waals surface area contributed by atoms with E-state index in [1.807, 2.05) is 0 Å². The minimum atomic E-state index is 0.918. The Labute approximate surface area is 214 Å². The molecule has 0 N–H and O–H groups in total. The van der Waals surface area contributed by atoms with Crippen molar-refractivity contribution in [2.75, 3.05) is 0 Å². The first-order chi connectivity index (χ1) is 16.2. The zero-order chi connectivity index (χ0) is 22.4. The molecule has 6 rings (SSSR count). The van der Waals surface area contributed by atoms with E-state index >= 15 is 0 Å².